The third kappa shape index (κ3) is 4.14. The van der Waals surface area contributed by atoms with Gasteiger partial charge in [-0.05, 0) is 55.7 Å². The zero-order valence-corrected chi connectivity index (χ0v) is 22.1. The van der Waals surface area contributed by atoms with Gasteiger partial charge in [0, 0.05) is 42.9 Å². The Labute approximate surface area is 224 Å². The number of hydrogen-bond donors (Lipinski definition) is 1. The molecule has 2 saturated carbocycles. The maximum atomic E-state index is 13.0. The summed E-state index contributed by atoms with van der Waals surface area (Å²) in [5.41, 5.74) is -4.42. The fourth-order valence-electron chi connectivity index (χ4n) is 7.35. The standard InChI is InChI=1S/C26H30F3N5O4S/c27-26(28,29)39(36,37)20-3-1-2-16(5-20)4-17-6-24(7-17)12-33(13-24)23(35)34-14-25(15-34)8-18(9-25)21-30-22(32-31-21)19-10-38-11-19/h1-3,5,17-19H,4,6-15H2,(H,30,31,32). The van der Waals surface area contributed by atoms with E-state index < -0.39 is 20.2 Å². The van der Waals surface area contributed by atoms with E-state index in [1.165, 1.54) is 6.07 Å². The third-order valence-electron chi connectivity index (χ3n) is 9.40. The molecule has 3 aliphatic heterocycles. The number of alkyl halides is 3. The van der Waals surface area contributed by atoms with Crippen LogP contribution in [0.4, 0.5) is 18.0 Å². The van der Waals surface area contributed by atoms with E-state index >= 15 is 0 Å². The summed E-state index contributed by atoms with van der Waals surface area (Å²) in [7, 11) is -5.35. The van der Waals surface area contributed by atoms with Gasteiger partial charge in [-0.3, -0.25) is 5.10 Å². The van der Waals surface area contributed by atoms with Gasteiger partial charge in [-0.15, -0.1) is 0 Å². The minimum absolute atomic E-state index is 0.0927. The molecule has 7 rings (SSSR count). The van der Waals surface area contributed by atoms with Crippen LogP contribution in [0.3, 0.4) is 0 Å². The van der Waals surface area contributed by atoms with Gasteiger partial charge in [0.05, 0.1) is 24.0 Å². The Morgan fingerprint density at radius 3 is 2.26 bits per heavy atom. The van der Waals surface area contributed by atoms with Crippen molar-refractivity contribution in [2.75, 3.05) is 39.4 Å². The highest BCUT2D eigenvalue weighted by Gasteiger charge is 2.58. The number of halogens is 3. The molecule has 1 N–H and O–H groups in total. The van der Waals surface area contributed by atoms with Crippen LogP contribution >= 0.6 is 0 Å². The lowest BCUT2D eigenvalue weighted by Crippen LogP contribution is -2.70. The third-order valence-corrected chi connectivity index (χ3v) is 10.9. The fourth-order valence-corrected chi connectivity index (χ4v) is 8.18. The highest BCUT2D eigenvalue weighted by Crippen LogP contribution is 2.57. The van der Waals surface area contributed by atoms with E-state index in [1.54, 1.807) is 6.07 Å². The van der Waals surface area contributed by atoms with Crippen molar-refractivity contribution in [3.8, 4) is 0 Å². The highest BCUT2D eigenvalue weighted by atomic mass is 32.2. The molecule has 13 heteroatoms. The first-order valence-corrected chi connectivity index (χ1v) is 14.9. The monoisotopic (exact) mass is 565 g/mol. The minimum Gasteiger partial charge on any atom is -0.380 e. The van der Waals surface area contributed by atoms with E-state index in [4.69, 9.17) is 4.74 Å². The molecule has 3 saturated heterocycles. The van der Waals surface area contributed by atoms with Crippen LogP contribution in [0.1, 0.15) is 54.7 Å². The predicted molar refractivity (Wildman–Crippen MR) is 131 cm³/mol. The maximum Gasteiger partial charge on any atom is 0.501 e. The Hall–Kier alpha value is -2.67. The van der Waals surface area contributed by atoms with Crippen molar-refractivity contribution >= 4 is 15.9 Å². The molecule has 0 unspecified atom stereocenters. The molecular weight excluding hydrogens is 535 g/mol. The van der Waals surface area contributed by atoms with E-state index in [2.05, 4.69) is 15.2 Å². The van der Waals surface area contributed by atoms with Crippen LogP contribution in [0.25, 0.3) is 0 Å². The normalized spacial score (nSPS) is 24.6. The van der Waals surface area contributed by atoms with Crippen LogP contribution < -0.4 is 0 Å². The first kappa shape index (κ1) is 25.3. The van der Waals surface area contributed by atoms with Crippen LogP contribution in [-0.2, 0) is 21.0 Å². The minimum atomic E-state index is -5.35. The highest BCUT2D eigenvalue weighted by molar-refractivity contribution is 7.92. The Bertz CT molecular complexity index is 1390. The van der Waals surface area contributed by atoms with Crippen molar-refractivity contribution in [1.29, 1.82) is 0 Å². The summed E-state index contributed by atoms with van der Waals surface area (Å²) in [5, 5.41) is 7.44. The summed E-state index contributed by atoms with van der Waals surface area (Å²) in [6.07, 6.45) is 4.36. The number of carbonyl (C=O) groups excluding carboxylic acids is 1. The van der Waals surface area contributed by atoms with Gasteiger partial charge in [0.25, 0.3) is 9.84 Å². The second-order valence-corrected chi connectivity index (χ2v) is 14.4. The van der Waals surface area contributed by atoms with Gasteiger partial charge in [0.1, 0.15) is 5.82 Å². The number of nitrogens with zero attached hydrogens (tertiary/aromatic N) is 4. The summed E-state index contributed by atoms with van der Waals surface area (Å²) in [6.45, 7) is 4.36. The molecule has 2 spiro atoms. The van der Waals surface area contributed by atoms with E-state index in [0.29, 0.717) is 50.1 Å². The van der Waals surface area contributed by atoms with Crippen molar-refractivity contribution in [3.05, 3.63) is 41.5 Å². The lowest BCUT2D eigenvalue weighted by atomic mass is 9.56. The second-order valence-electron chi connectivity index (χ2n) is 12.5. The molecule has 1 aromatic carbocycles. The molecule has 2 aliphatic carbocycles. The Balaban J connectivity index is 0.853. The molecular formula is C26H30F3N5O4S. The summed E-state index contributed by atoms with van der Waals surface area (Å²) < 4.78 is 67.3. The van der Waals surface area contributed by atoms with Gasteiger partial charge >= 0.3 is 11.5 Å². The van der Waals surface area contributed by atoms with Gasteiger partial charge in [0.2, 0.25) is 0 Å². The number of urea groups is 1. The molecule has 0 atom stereocenters. The first-order chi connectivity index (χ1) is 18.4. The number of sulfone groups is 1. The SMILES string of the molecule is O=C(N1CC2(CC(Cc3cccc(S(=O)(=O)C(F)(F)F)c3)C2)C1)N1CC2(CC(c3nc(C4COC4)n[nH]3)C2)C1. The molecule has 9 nitrogen and oxygen atoms in total. The molecule has 210 valence electrons. The quantitative estimate of drug-likeness (QED) is 0.595. The first-order valence-electron chi connectivity index (χ1n) is 13.4. The van der Waals surface area contributed by atoms with Gasteiger partial charge in [-0.1, -0.05) is 12.1 Å². The molecule has 5 fully saturated rings. The average Bonchev–Trinajstić information content (AvgIpc) is 3.19. The number of nitrogens with one attached hydrogen (secondary N) is 1. The van der Waals surface area contributed by atoms with Gasteiger partial charge < -0.3 is 14.5 Å². The number of aromatic nitrogens is 3. The summed E-state index contributed by atoms with van der Waals surface area (Å²) in [5.74, 6) is 2.75. The van der Waals surface area contributed by atoms with Crippen molar-refractivity contribution < 1.29 is 31.1 Å². The molecule has 2 amide bonds. The van der Waals surface area contributed by atoms with Gasteiger partial charge in [-0.25, -0.2) is 18.2 Å². The number of benzene rings is 1. The van der Waals surface area contributed by atoms with E-state index in [0.717, 1.165) is 62.6 Å². The number of ether oxygens (including phenoxy) is 1. The fraction of sp³-hybridized carbons (Fsp3) is 0.654. The van der Waals surface area contributed by atoms with E-state index in [-0.39, 0.29) is 22.8 Å². The Kier molecular flexibility index (Phi) is 5.46. The lowest BCUT2D eigenvalue weighted by molar-refractivity contribution is -0.100. The summed E-state index contributed by atoms with van der Waals surface area (Å²) in [6, 6.07) is 5.26. The van der Waals surface area contributed by atoms with Crippen LogP contribution in [0.2, 0.25) is 0 Å². The number of H-pyrrole nitrogens is 1. The predicted octanol–water partition coefficient (Wildman–Crippen LogP) is 3.47. The largest absolute Gasteiger partial charge is 0.501 e. The van der Waals surface area contributed by atoms with Gasteiger partial charge in [-0.2, -0.15) is 18.3 Å². The number of aromatic amines is 1. The summed E-state index contributed by atoms with van der Waals surface area (Å²) in [4.78, 5) is 20.8. The van der Waals surface area contributed by atoms with E-state index in [9.17, 15) is 26.4 Å². The summed E-state index contributed by atoms with van der Waals surface area (Å²) >= 11 is 0. The van der Waals surface area contributed by atoms with Crippen LogP contribution in [0.15, 0.2) is 29.2 Å². The molecule has 0 radical (unpaired) electrons. The molecule has 5 aliphatic rings. The Morgan fingerprint density at radius 2 is 1.67 bits per heavy atom. The topological polar surface area (TPSA) is 108 Å². The molecule has 39 heavy (non-hydrogen) atoms. The lowest BCUT2D eigenvalue weighted by Gasteiger charge is -2.63. The van der Waals surface area contributed by atoms with Crippen LogP contribution in [0.5, 0.6) is 0 Å². The zero-order valence-electron chi connectivity index (χ0n) is 21.3. The number of hydrogen-bond acceptors (Lipinski definition) is 6. The number of amides is 2. The van der Waals surface area contributed by atoms with Gasteiger partial charge in [0.15, 0.2) is 5.82 Å². The maximum absolute atomic E-state index is 13.0. The average molecular weight is 566 g/mol. The van der Waals surface area contributed by atoms with Crippen molar-refractivity contribution in [1.82, 2.24) is 25.0 Å². The van der Waals surface area contributed by atoms with Crippen LogP contribution in [-0.4, -0.2) is 84.3 Å². The van der Waals surface area contributed by atoms with Crippen molar-refractivity contribution in [2.24, 2.45) is 16.7 Å². The second kappa shape index (κ2) is 8.42. The number of carbonyl (C=O) groups is 1. The van der Waals surface area contributed by atoms with Crippen molar-refractivity contribution in [3.63, 3.8) is 0 Å². The zero-order chi connectivity index (χ0) is 27.2. The van der Waals surface area contributed by atoms with E-state index in [1.807, 2.05) is 9.80 Å². The number of likely N-dealkylation sites (tertiary alicyclic amines) is 2. The van der Waals surface area contributed by atoms with Crippen LogP contribution in [0, 0.1) is 16.7 Å². The molecule has 2 aromatic rings. The smallest absolute Gasteiger partial charge is 0.380 e. The van der Waals surface area contributed by atoms with Crippen molar-refractivity contribution in [2.45, 2.75) is 54.3 Å². The number of rotatable bonds is 5. The molecule has 4 heterocycles. The molecule has 1 aromatic heterocycles. The molecule has 0 bridgehead atoms. The Morgan fingerprint density at radius 1 is 1.03 bits per heavy atom.